The highest BCUT2D eigenvalue weighted by Crippen LogP contribution is 2.23. The maximum Gasteiger partial charge on any atom is 0.270 e. The number of aryl methyl sites for hydroxylation is 1. The zero-order chi connectivity index (χ0) is 23.6. The van der Waals surface area contributed by atoms with Crippen molar-refractivity contribution in [3.8, 4) is 11.3 Å². The van der Waals surface area contributed by atoms with Gasteiger partial charge in [0.2, 0.25) is 10.0 Å². The number of carbonyl (C=O) groups excluding carboxylic acids is 1. The first kappa shape index (κ1) is 22.6. The summed E-state index contributed by atoms with van der Waals surface area (Å²) >= 11 is 0. The maximum atomic E-state index is 13.1. The van der Waals surface area contributed by atoms with Gasteiger partial charge in [-0.1, -0.05) is 36.4 Å². The Morgan fingerprint density at radius 1 is 0.970 bits per heavy atom. The minimum Gasteiger partial charge on any atom is -0.336 e. The fourth-order valence-corrected chi connectivity index (χ4v) is 5.23. The third kappa shape index (κ3) is 4.62. The number of pyridine rings is 1. The minimum absolute atomic E-state index is 0.103. The molecule has 0 saturated carbocycles. The van der Waals surface area contributed by atoms with Crippen LogP contribution < -0.4 is 0 Å². The molecular weight excluding hydrogens is 444 g/mol. The highest BCUT2D eigenvalue weighted by atomic mass is 32.2. The number of nitro benzene ring substituents is 1. The minimum atomic E-state index is -3.90. The van der Waals surface area contributed by atoms with Gasteiger partial charge in [0.15, 0.2) is 0 Å². The molecule has 1 saturated heterocycles. The van der Waals surface area contributed by atoms with E-state index in [4.69, 9.17) is 0 Å². The highest BCUT2D eigenvalue weighted by molar-refractivity contribution is 7.89. The van der Waals surface area contributed by atoms with E-state index in [1.165, 1.54) is 22.5 Å². The lowest BCUT2D eigenvalue weighted by atomic mass is 10.1. The largest absolute Gasteiger partial charge is 0.336 e. The van der Waals surface area contributed by atoms with E-state index in [1.807, 2.05) is 30.3 Å². The second-order valence-corrected chi connectivity index (χ2v) is 9.58. The van der Waals surface area contributed by atoms with Gasteiger partial charge in [-0.15, -0.1) is 0 Å². The second-order valence-electron chi connectivity index (χ2n) is 7.65. The van der Waals surface area contributed by atoms with Crippen LogP contribution in [0.3, 0.4) is 0 Å². The van der Waals surface area contributed by atoms with Crippen molar-refractivity contribution < 1.29 is 18.1 Å². The lowest BCUT2D eigenvalue weighted by Crippen LogP contribution is -2.50. The van der Waals surface area contributed by atoms with E-state index in [0.717, 1.165) is 17.3 Å². The number of nitrogens with zero attached hydrogens (tertiary/aromatic N) is 4. The van der Waals surface area contributed by atoms with Crippen LogP contribution in [0, 0.1) is 17.0 Å². The van der Waals surface area contributed by atoms with Gasteiger partial charge < -0.3 is 4.90 Å². The zero-order valence-corrected chi connectivity index (χ0v) is 18.7. The molecular formula is C23H22N4O5S. The van der Waals surface area contributed by atoms with Gasteiger partial charge >= 0.3 is 0 Å². The molecule has 170 valence electrons. The smallest absolute Gasteiger partial charge is 0.270 e. The van der Waals surface area contributed by atoms with Crippen LogP contribution in [0.5, 0.6) is 0 Å². The molecule has 1 aromatic heterocycles. The van der Waals surface area contributed by atoms with E-state index in [2.05, 4.69) is 4.98 Å². The molecule has 0 bridgehead atoms. The summed E-state index contributed by atoms with van der Waals surface area (Å²) in [5.41, 5.74) is 2.53. The standard InChI is InChI=1S/C23H22N4O5S/c1-17-21(10-11-22(24-17)18-6-3-2-4-7-18)23(28)25-12-14-26(15-13-25)33(31,32)20-9-5-8-19(16-20)27(29)30/h2-11,16H,12-15H2,1H3. The molecule has 4 rings (SSSR count). The Labute approximate surface area is 191 Å². The van der Waals surface area contributed by atoms with Gasteiger partial charge in [0, 0.05) is 43.9 Å². The number of sulfonamides is 1. The number of carbonyl (C=O) groups is 1. The van der Waals surface area contributed by atoms with Crippen molar-refractivity contribution in [2.45, 2.75) is 11.8 Å². The molecule has 0 radical (unpaired) electrons. The molecule has 0 unspecified atom stereocenters. The Kier molecular flexibility index (Phi) is 6.21. The number of hydrogen-bond acceptors (Lipinski definition) is 6. The summed E-state index contributed by atoms with van der Waals surface area (Å²) in [6.45, 7) is 2.42. The molecule has 2 aromatic carbocycles. The Hall–Kier alpha value is -3.63. The van der Waals surface area contributed by atoms with Crippen molar-refractivity contribution in [1.82, 2.24) is 14.2 Å². The lowest BCUT2D eigenvalue weighted by molar-refractivity contribution is -0.385. The number of benzene rings is 2. The van der Waals surface area contributed by atoms with E-state index in [9.17, 15) is 23.3 Å². The normalized spacial score (nSPS) is 14.8. The van der Waals surface area contributed by atoms with Crippen molar-refractivity contribution in [1.29, 1.82) is 0 Å². The van der Waals surface area contributed by atoms with Gasteiger partial charge in [0.1, 0.15) is 0 Å². The molecule has 1 fully saturated rings. The molecule has 0 aliphatic carbocycles. The first-order chi connectivity index (χ1) is 15.8. The van der Waals surface area contributed by atoms with Crippen LogP contribution in [0.15, 0.2) is 71.6 Å². The average molecular weight is 467 g/mol. The van der Waals surface area contributed by atoms with Gasteiger partial charge in [0.25, 0.3) is 11.6 Å². The van der Waals surface area contributed by atoms with Gasteiger partial charge in [-0.25, -0.2) is 8.42 Å². The molecule has 1 amide bonds. The maximum absolute atomic E-state index is 13.1. The van der Waals surface area contributed by atoms with Crippen LogP contribution in [0.2, 0.25) is 0 Å². The molecule has 0 spiro atoms. The summed E-state index contributed by atoms with van der Waals surface area (Å²) in [6.07, 6.45) is 0. The molecule has 10 heteroatoms. The predicted octanol–water partition coefficient (Wildman–Crippen LogP) is 3.11. The molecule has 2 heterocycles. The van der Waals surface area contributed by atoms with Crippen molar-refractivity contribution in [3.05, 3.63) is 88.1 Å². The highest BCUT2D eigenvalue weighted by Gasteiger charge is 2.31. The lowest BCUT2D eigenvalue weighted by Gasteiger charge is -2.34. The summed E-state index contributed by atoms with van der Waals surface area (Å²) in [4.78, 5) is 29.5. The number of piperazine rings is 1. The molecule has 0 N–H and O–H groups in total. The van der Waals surface area contributed by atoms with Crippen molar-refractivity contribution in [2.24, 2.45) is 0 Å². The number of hydrogen-bond donors (Lipinski definition) is 0. The van der Waals surface area contributed by atoms with Crippen molar-refractivity contribution in [2.75, 3.05) is 26.2 Å². The fraction of sp³-hybridized carbons (Fsp3) is 0.217. The summed E-state index contributed by atoms with van der Waals surface area (Å²) in [5.74, 6) is -0.202. The summed E-state index contributed by atoms with van der Waals surface area (Å²) in [5, 5.41) is 11.0. The number of non-ortho nitro benzene ring substituents is 1. The first-order valence-electron chi connectivity index (χ1n) is 10.3. The van der Waals surface area contributed by atoms with E-state index >= 15 is 0 Å². The Balaban J connectivity index is 1.46. The molecule has 1 aliphatic rings. The third-order valence-electron chi connectivity index (χ3n) is 5.58. The SMILES string of the molecule is Cc1nc(-c2ccccc2)ccc1C(=O)N1CCN(S(=O)(=O)c2cccc([N+](=O)[O-])c2)CC1. The van der Waals surface area contributed by atoms with Crippen LogP contribution in [0.4, 0.5) is 5.69 Å². The Morgan fingerprint density at radius 2 is 1.67 bits per heavy atom. The summed E-state index contributed by atoms with van der Waals surface area (Å²) in [7, 11) is -3.90. The predicted molar refractivity (Wildman–Crippen MR) is 122 cm³/mol. The number of aromatic nitrogens is 1. The summed E-state index contributed by atoms with van der Waals surface area (Å²) in [6, 6.07) is 18.2. The van der Waals surface area contributed by atoms with E-state index < -0.39 is 14.9 Å². The van der Waals surface area contributed by atoms with Gasteiger partial charge in [-0.3, -0.25) is 19.9 Å². The van der Waals surface area contributed by atoms with Gasteiger partial charge in [-0.2, -0.15) is 4.31 Å². The van der Waals surface area contributed by atoms with Crippen LogP contribution in [0.25, 0.3) is 11.3 Å². The third-order valence-corrected chi connectivity index (χ3v) is 7.47. The number of amides is 1. The van der Waals surface area contributed by atoms with Crippen LogP contribution in [-0.4, -0.2) is 59.6 Å². The quantitative estimate of drug-likeness (QED) is 0.422. The second kappa shape index (κ2) is 9.08. The molecule has 1 aliphatic heterocycles. The topological polar surface area (TPSA) is 114 Å². The zero-order valence-electron chi connectivity index (χ0n) is 17.9. The monoisotopic (exact) mass is 466 g/mol. The Bertz CT molecular complexity index is 1300. The molecule has 3 aromatic rings. The Morgan fingerprint density at radius 3 is 2.30 bits per heavy atom. The summed E-state index contributed by atoms with van der Waals surface area (Å²) < 4.78 is 27.1. The van der Waals surface area contributed by atoms with E-state index in [-0.39, 0.29) is 42.7 Å². The van der Waals surface area contributed by atoms with Crippen molar-refractivity contribution >= 4 is 21.6 Å². The van der Waals surface area contributed by atoms with Gasteiger partial charge in [-0.05, 0) is 25.1 Å². The molecule has 33 heavy (non-hydrogen) atoms. The van der Waals surface area contributed by atoms with E-state index in [1.54, 1.807) is 24.0 Å². The first-order valence-corrected chi connectivity index (χ1v) is 11.8. The number of rotatable bonds is 5. The number of nitro groups is 1. The van der Waals surface area contributed by atoms with Crippen LogP contribution >= 0.6 is 0 Å². The van der Waals surface area contributed by atoms with Crippen LogP contribution in [-0.2, 0) is 10.0 Å². The average Bonchev–Trinajstić information content (AvgIpc) is 2.84. The molecule has 0 atom stereocenters. The van der Waals surface area contributed by atoms with E-state index in [0.29, 0.717) is 11.3 Å². The molecule has 9 nitrogen and oxygen atoms in total. The van der Waals surface area contributed by atoms with Crippen molar-refractivity contribution in [3.63, 3.8) is 0 Å². The van der Waals surface area contributed by atoms with Crippen LogP contribution in [0.1, 0.15) is 16.1 Å². The van der Waals surface area contributed by atoms with Gasteiger partial charge in [0.05, 0.1) is 26.8 Å². The fourth-order valence-electron chi connectivity index (χ4n) is 3.77.